The zero-order valence-corrected chi connectivity index (χ0v) is 11.1. The molecule has 0 saturated heterocycles. The van der Waals surface area contributed by atoms with Gasteiger partial charge in [0.1, 0.15) is 11.9 Å². The number of aliphatic hydroxyl groups is 1. The SMILES string of the molecule is C=C(C(=O)OC)C(O)c1cn(C(=O)O)c2cccc(O)c12. The van der Waals surface area contributed by atoms with Gasteiger partial charge >= 0.3 is 12.1 Å². The maximum absolute atomic E-state index is 11.4. The molecular formula is C14H13NO6. The number of carbonyl (C=O) groups is 2. The summed E-state index contributed by atoms with van der Waals surface area (Å²) in [5.41, 5.74) is -0.0136. The van der Waals surface area contributed by atoms with Crippen LogP contribution in [0, 0.1) is 0 Å². The molecular weight excluding hydrogens is 278 g/mol. The number of esters is 1. The van der Waals surface area contributed by atoms with Crippen molar-refractivity contribution in [1.29, 1.82) is 0 Å². The van der Waals surface area contributed by atoms with Gasteiger partial charge in [-0.2, -0.15) is 0 Å². The summed E-state index contributed by atoms with van der Waals surface area (Å²) >= 11 is 0. The van der Waals surface area contributed by atoms with Gasteiger partial charge in [-0.05, 0) is 12.1 Å². The number of phenolic OH excluding ortho intramolecular Hbond substituents is 1. The highest BCUT2D eigenvalue weighted by Crippen LogP contribution is 2.35. The average Bonchev–Trinajstić information content (AvgIpc) is 2.86. The molecule has 1 aromatic carbocycles. The predicted molar refractivity (Wildman–Crippen MR) is 73.1 cm³/mol. The Balaban J connectivity index is 2.67. The van der Waals surface area contributed by atoms with Gasteiger partial charge in [-0.1, -0.05) is 12.6 Å². The van der Waals surface area contributed by atoms with Crippen LogP contribution < -0.4 is 0 Å². The minimum absolute atomic E-state index is 0.0564. The van der Waals surface area contributed by atoms with Crippen LogP contribution in [-0.2, 0) is 9.53 Å². The van der Waals surface area contributed by atoms with E-state index >= 15 is 0 Å². The lowest BCUT2D eigenvalue weighted by Crippen LogP contribution is -2.12. The quantitative estimate of drug-likeness (QED) is 0.586. The van der Waals surface area contributed by atoms with Crippen LogP contribution in [0.2, 0.25) is 0 Å². The number of hydrogen-bond acceptors (Lipinski definition) is 5. The Hall–Kier alpha value is -2.80. The highest BCUT2D eigenvalue weighted by Gasteiger charge is 2.25. The lowest BCUT2D eigenvalue weighted by molar-refractivity contribution is -0.137. The molecule has 0 spiro atoms. The number of ether oxygens (including phenoxy) is 1. The Kier molecular flexibility index (Phi) is 3.68. The Labute approximate surface area is 119 Å². The number of aromatic nitrogens is 1. The molecule has 7 nitrogen and oxygen atoms in total. The molecule has 0 radical (unpaired) electrons. The number of carbonyl (C=O) groups excluding carboxylic acids is 1. The van der Waals surface area contributed by atoms with E-state index < -0.39 is 18.2 Å². The molecule has 0 saturated carbocycles. The third kappa shape index (κ3) is 2.34. The zero-order chi connectivity index (χ0) is 15.7. The molecule has 1 unspecified atom stereocenters. The Morgan fingerprint density at radius 2 is 2.05 bits per heavy atom. The zero-order valence-electron chi connectivity index (χ0n) is 11.1. The van der Waals surface area contributed by atoms with Crippen LogP contribution in [0.5, 0.6) is 5.75 Å². The van der Waals surface area contributed by atoms with Crippen molar-refractivity contribution in [3.05, 3.63) is 42.1 Å². The lowest BCUT2D eigenvalue weighted by Gasteiger charge is -2.11. The second-order valence-electron chi connectivity index (χ2n) is 4.33. The van der Waals surface area contributed by atoms with E-state index in [-0.39, 0.29) is 27.8 Å². The van der Waals surface area contributed by atoms with Gasteiger partial charge in [-0.3, -0.25) is 4.57 Å². The van der Waals surface area contributed by atoms with E-state index in [1.54, 1.807) is 0 Å². The molecule has 7 heteroatoms. The van der Waals surface area contributed by atoms with E-state index in [1.165, 1.54) is 18.2 Å². The normalized spacial score (nSPS) is 12.1. The molecule has 1 atom stereocenters. The van der Waals surface area contributed by atoms with Gasteiger partial charge in [-0.25, -0.2) is 9.59 Å². The second-order valence-corrected chi connectivity index (χ2v) is 4.33. The molecule has 0 aliphatic carbocycles. The van der Waals surface area contributed by atoms with Crippen molar-refractivity contribution in [1.82, 2.24) is 4.57 Å². The molecule has 3 N–H and O–H groups in total. The number of rotatable bonds is 3. The van der Waals surface area contributed by atoms with Crippen molar-refractivity contribution in [2.75, 3.05) is 7.11 Å². The summed E-state index contributed by atoms with van der Waals surface area (Å²) in [7, 11) is 1.14. The van der Waals surface area contributed by atoms with E-state index in [4.69, 9.17) is 5.11 Å². The number of aromatic hydroxyl groups is 1. The summed E-state index contributed by atoms with van der Waals surface area (Å²) in [6, 6.07) is 4.30. The molecule has 110 valence electrons. The summed E-state index contributed by atoms with van der Waals surface area (Å²) in [6.45, 7) is 3.43. The topological polar surface area (TPSA) is 109 Å². The number of benzene rings is 1. The summed E-state index contributed by atoms with van der Waals surface area (Å²) in [5.74, 6) is -1.03. The van der Waals surface area contributed by atoms with E-state index in [1.807, 2.05) is 0 Å². The summed E-state index contributed by atoms with van der Waals surface area (Å²) in [5, 5.41) is 29.4. The molecule has 1 heterocycles. The Bertz CT molecular complexity index is 745. The summed E-state index contributed by atoms with van der Waals surface area (Å²) < 4.78 is 5.31. The van der Waals surface area contributed by atoms with Crippen LogP contribution in [0.1, 0.15) is 11.7 Å². The molecule has 0 amide bonds. The second kappa shape index (κ2) is 5.29. The third-order valence-corrected chi connectivity index (χ3v) is 3.12. The van der Waals surface area contributed by atoms with Gasteiger partial charge in [0, 0.05) is 17.1 Å². The first-order valence-corrected chi connectivity index (χ1v) is 5.90. The van der Waals surface area contributed by atoms with Gasteiger partial charge < -0.3 is 20.1 Å². The van der Waals surface area contributed by atoms with Crippen LogP contribution in [-0.4, -0.2) is 39.1 Å². The summed E-state index contributed by atoms with van der Waals surface area (Å²) in [4.78, 5) is 22.6. The van der Waals surface area contributed by atoms with Gasteiger partial charge in [-0.15, -0.1) is 0 Å². The number of fused-ring (bicyclic) bond motifs is 1. The Morgan fingerprint density at radius 3 is 2.62 bits per heavy atom. The average molecular weight is 291 g/mol. The maximum atomic E-state index is 11.4. The van der Waals surface area contributed by atoms with Gasteiger partial charge in [0.15, 0.2) is 0 Å². The number of methoxy groups -OCH3 is 1. The largest absolute Gasteiger partial charge is 0.507 e. The first-order valence-electron chi connectivity index (χ1n) is 5.90. The van der Waals surface area contributed by atoms with Crippen molar-refractivity contribution in [3.8, 4) is 5.75 Å². The molecule has 0 fully saturated rings. The number of carboxylic acid groups (broad SMARTS) is 1. The van der Waals surface area contributed by atoms with Gasteiger partial charge in [0.2, 0.25) is 0 Å². The highest BCUT2D eigenvalue weighted by molar-refractivity contribution is 5.97. The summed E-state index contributed by atoms with van der Waals surface area (Å²) in [6.07, 6.45) is -1.65. The molecule has 1 aromatic heterocycles. The highest BCUT2D eigenvalue weighted by atomic mass is 16.5. The third-order valence-electron chi connectivity index (χ3n) is 3.12. The fraction of sp³-hybridized carbons (Fsp3) is 0.143. The predicted octanol–water partition coefficient (Wildman–Crippen LogP) is 1.64. The smallest absolute Gasteiger partial charge is 0.416 e. The number of hydrogen-bond donors (Lipinski definition) is 3. The maximum Gasteiger partial charge on any atom is 0.416 e. The van der Waals surface area contributed by atoms with E-state index in [9.17, 15) is 19.8 Å². The molecule has 2 rings (SSSR count). The number of nitrogens with zero attached hydrogens (tertiary/aromatic N) is 1. The molecule has 0 bridgehead atoms. The van der Waals surface area contributed by atoms with Gasteiger partial charge in [0.25, 0.3) is 0 Å². The lowest BCUT2D eigenvalue weighted by atomic mass is 10.0. The molecule has 0 aliphatic heterocycles. The van der Waals surface area contributed by atoms with Crippen LogP contribution in [0.15, 0.2) is 36.5 Å². The standard InChI is InChI=1S/C14H13NO6/c1-7(13(18)21-2)12(17)8-6-15(14(19)20)9-4-3-5-10(16)11(8)9/h3-6,12,16-17H,1H2,2H3,(H,19,20). The van der Waals surface area contributed by atoms with Crippen LogP contribution in [0.25, 0.3) is 10.9 Å². The van der Waals surface area contributed by atoms with Crippen molar-refractivity contribution in [2.45, 2.75) is 6.10 Å². The van der Waals surface area contributed by atoms with Crippen LogP contribution in [0.4, 0.5) is 4.79 Å². The van der Waals surface area contributed by atoms with Crippen LogP contribution >= 0.6 is 0 Å². The van der Waals surface area contributed by atoms with E-state index in [0.717, 1.165) is 17.9 Å². The minimum atomic E-state index is -1.49. The monoisotopic (exact) mass is 291 g/mol. The van der Waals surface area contributed by atoms with Crippen molar-refractivity contribution >= 4 is 23.0 Å². The fourth-order valence-corrected chi connectivity index (χ4v) is 2.09. The fourth-order valence-electron chi connectivity index (χ4n) is 2.09. The molecule has 0 aliphatic rings. The van der Waals surface area contributed by atoms with Gasteiger partial charge in [0.05, 0.1) is 18.2 Å². The van der Waals surface area contributed by atoms with Crippen molar-refractivity contribution in [3.63, 3.8) is 0 Å². The molecule has 2 aromatic rings. The number of phenols is 1. The molecule has 21 heavy (non-hydrogen) atoms. The van der Waals surface area contributed by atoms with Crippen molar-refractivity contribution < 1.29 is 29.6 Å². The first-order chi connectivity index (χ1) is 9.88. The van der Waals surface area contributed by atoms with Crippen molar-refractivity contribution in [2.24, 2.45) is 0 Å². The Morgan fingerprint density at radius 1 is 1.38 bits per heavy atom. The number of aliphatic hydroxyl groups excluding tert-OH is 1. The van der Waals surface area contributed by atoms with E-state index in [2.05, 4.69) is 11.3 Å². The van der Waals surface area contributed by atoms with E-state index in [0.29, 0.717) is 0 Å². The minimum Gasteiger partial charge on any atom is -0.507 e. The first kappa shape index (κ1) is 14.6. The van der Waals surface area contributed by atoms with Crippen LogP contribution in [0.3, 0.4) is 0 Å².